The fourth-order valence-corrected chi connectivity index (χ4v) is 1.64. The summed E-state index contributed by atoms with van der Waals surface area (Å²) in [6, 6.07) is 9.83. The van der Waals surface area contributed by atoms with Crippen LogP contribution in [0.1, 0.15) is 19.5 Å². The van der Waals surface area contributed by atoms with Crippen LogP contribution < -0.4 is 4.74 Å². The molecule has 2 rings (SSSR count). The lowest BCUT2D eigenvalue weighted by Gasteiger charge is -2.09. The number of nitrogens with zero attached hydrogens (tertiary/aromatic N) is 2. The van der Waals surface area contributed by atoms with Gasteiger partial charge in [-0.05, 0) is 38.1 Å². The Bertz CT molecular complexity index is 549. The molecule has 0 aliphatic heterocycles. The van der Waals surface area contributed by atoms with Gasteiger partial charge < -0.3 is 9.72 Å². The summed E-state index contributed by atoms with van der Waals surface area (Å²) in [6.45, 7) is 3.99. The van der Waals surface area contributed by atoms with Crippen LogP contribution in [0.15, 0.2) is 30.5 Å². The second-order valence-corrected chi connectivity index (χ2v) is 4.28. The normalized spacial score (nSPS) is 10.3. The molecule has 0 aliphatic carbocycles. The zero-order valence-electron chi connectivity index (χ0n) is 10.5. The van der Waals surface area contributed by atoms with Crippen LogP contribution in [0.4, 0.5) is 0 Å². The zero-order valence-corrected chi connectivity index (χ0v) is 10.5. The third-order valence-electron chi connectivity index (χ3n) is 2.40. The predicted octanol–water partition coefficient (Wildman–Crippen LogP) is 2.93. The van der Waals surface area contributed by atoms with Crippen molar-refractivity contribution in [3.63, 3.8) is 0 Å². The number of aromatic nitrogens is 2. The molecule has 0 radical (unpaired) electrons. The molecule has 1 aromatic heterocycles. The smallest absolute Gasteiger partial charge is 0.137 e. The molecule has 0 saturated carbocycles. The van der Waals surface area contributed by atoms with E-state index in [-0.39, 0.29) is 6.10 Å². The van der Waals surface area contributed by atoms with Crippen molar-refractivity contribution in [3.8, 4) is 23.2 Å². The molecule has 0 unspecified atom stereocenters. The molecule has 0 bridgehead atoms. The largest absolute Gasteiger partial charge is 0.491 e. The van der Waals surface area contributed by atoms with E-state index in [9.17, 15) is 0 Å². The minimum absolute atomic E-state index is 0.168. The van der Waals surface area contributed by atoms with E-state index in [1.165, 1.54) is 0 Å². The highest BCUT2D eigenvalue weighted by atomic mass is 16.5. The van der Waals surface area contributed by atoms with Gasteiger partial charge in [-0.1, -0.05) is 0 Å². The maximum absolute atomic E-state index is 8.61. The Morgan fingerprint density at radius 1 is 1.33 bits per heavy atom. The number of rotatable bonds is 4. The summed E-state index contributed by atoms with van der Waals surface area (Å²) in [7, 11) is 0. The van der Waals surface area contributed by atoms with Crippen LogP contribution in [-0.2, 0) is 6.42 Å². The van der Waals surface area contributed by atoms with E-state index in [2.05, 4.69) is 16.0 Å². The van der Waals surface area contributed by atoms with Crippen LogP contribution in [0.25, 0.3) is 11.4 Å². The standard InChI is InChI=1S/C14H15N3O/c1-10(2)18-13-5-3-11(4-6-13)14-16-9-12(17-14)7-8-15/h3-6,9-10H,7H2,1-2H3,(H,16,17). The van der Waals surface area contributed by atoms with Crippen LogP contribution in [0.2, 0.25) is 0 Å². The Morgan fingerprint density at radius 3 is 2.67 bits per heavy atom. The molecule has 0 amide bonds. The Labute approximate surface area is 106 Å². The predicted molar refractivity (Wildman–Crippen MR) is 69.1 cm³/mol. The Balaban J connectivity index is 2.15. The lowest BCUT2D eigenvalue weighted by molar-refractivity contribution is 0.242. The number of nitrogens with one attached hydrogen (secondary N) is 1. The SMILES string of the molecule is CC(C)Oc1ccc(-c2ncc(CC#N)[nH]2)cc1. The van der Waals surface area contributed by atoms with Crippen LogP contribution >= 0.6 is 0 Å². The number of ether oxygens (including phenoxy) is 1. The molecule has 0 spiro atoms. The summed E-state index contributed by atoms with van der Waals surface area (Å²) in [5.74, 6) is 1.62. The summed E-state index contributed by atoms with van der Waals surface area (Å²) in [4.78, 5) is 7.36. The van der Waals surface area contributed by atoms with Crippen LogP contribution in [-0.4, -0.2) is 16.1 Å². The van der Waals surface area contributed by atoms with E-state index < -0.39 is 0 Å². The summed E-state index contributed by atoms with van der Waals surface area (Å²) < 4.78 is 5.58. The average molecular weight is 241 g/mol. The van der Waals surface area contributed by atoms with Crippen LogP contribution in [0.5, 0.6) is 5.75 Å². The van der Waals surface area contributed by atoms with Crippen molar-refractivity contribution < 1.29 is 4.74 Å². The first-order valence-corrected chi connectivity index (χ1v) is 5.87. The molecular weight excluding hydrogens is 226 g/mol. The summed E-state index contributed by atoms with van der Waals surface area (Å²) in [6.07, 6.45) is 2.21. The van der Waals surface area contributed by atoms with Gasteiger partial charge >= 0.3 is 0 Å². The third kappa shape index (κ3) is 2.89. The lowest BCUT2D eigenvalue weighted by Crippen LogP contribution is -2.05. The Hall–Kier alpha value is -2.28. The molecule has 4 heteroatoms. The Kier molecular flexibility index (Phi) is 3.63. The van der Waals surface area contributed by atoms with E-state index >= 15 is 0 Å². The van der Waals surface area contributed by atoms with Gasteiger partial charge in [-0.25, -0.2) is 4.98 Å². The number of aromatic amines is 1. The van der Waals surface area contributed by atoms with Gasteiger partial charge in [0, 0.05) is 17.5 Å². The Morgan fingerprint density at radius 2 is 2.06 bits per heavy atom. The van der Waals surface area contributed by atoms with Gasteiger partial charge in [0.1, 0.15) is 11.6 Å². The summed E-state index contributed by atoms with van der Waals surface area (Å²) in [5.41, 5.74) is 1.81. The number of hydrogen-bond acceptors (Lipinski definition) is 3. The van der Waals surface area contributed by atoms with Crippen molar-refractivity contribution in [3.05, 3.63) is 36.2 Å². The molecular formula is C14H15N3O. The highest BCUT2D eigenvalue weighted by Gasteiger charge is 2.04. The summed E-state index contributed by atoms with van der Waals surface area (Å²) >= 11 is 0. The first kappa shape index (κ1) is 12.2. The number of nitriles is 1. The van der Waals surface area contributed by atoms with Crippen molar-refractivity contribution in [2.45, 2.75) is 26.4 Å². The molecule has 1 N–H and O–H groups in total. The fourth-order valence-electron chi connectivity index (χ4n) is 1.64. The molecule has 4 nitrogen and oxygen atoms in total. The molecule has 0 aliphatic rings. The molecule has 0 atom stereocenters. The van der Waals surface area contributed by atoms with Gasteiger partial charge in [-0.2, -0.15) is 5.26 Å². The molecule has 92 valence electrons. The minimum atomic E-state index is 0.168. The monoisotopic (exact) mass is 241 g/mol. The number of benzene rings is 1. The molecule has 2 aromatic rings. The van der Waals surface area contributed by atoms with Gasteiger partial charge in [0.2, 0.25) is 0 Å². The molecule has 18 heavy (non-hydrogen) atoms. The number of H-pyrrole nitrogens is 1. The second-order valence-electron chi connectivity index (χ2n) is 4.28. The van der Waals surface area contributed by atoms with Gasteiger partial charge in [-0.3, -0.25) is 0 Å². The molecule has 1 heterocycles. The van der Waals surface area contributed by atoms with Gasteiger partial charge in [0.15, 0.2) is 0 Å². The maximum atomic E-state index is 8.61. The topological polar surface area (TPSA) is 61.7 Å². The van der Waals surface area contributed by atoms with Crippen molar-refractivity contribution in [1.29, 1.82) is 5.26 Å². The quantitative estimate of drug-likeness (QED) is 0.895. The number of hydrogen-bond donors (Lipinski definition) is 1. The second kappa shape index (κ2) is 5.37. The van der Waals surface area contributed by atoms with Gasteiger partial charge in [0.05, 0.1) is 18.6 Å². The highest BCUT2D eigenvalue weighted by molar-refractivity contribution is 5.56. The zero-order chi connectivity index (χ0) is 13.0. The van der Waals surface area contributed by atoms with Crippen molar-refractivity contribution in [2.24, 2.45) is 0 Å². The molecule has 0 saturated heterocycles. The van der Waals surface area contributed by atoms with Crippen molar-refractivity contribution in [2.75, 3.05) is 0 Å². The summed E-state index contributed by atoms with van der Waals surface area (Å²) in [5, 5.41) is 8.61. The highest BCUT2D eigenvalue weighted by Crippen LogP contribution is 2.20. The number of imidazole rings is 1. The maximum Gasteiger partial charge on any atom is 0.137 e. The van der Waals surface area contributed by atoms with Gasteiger partial charge in [0.25, 0.3) is 0 Å². The van der Waals surface area contributed by atoms with E-state index in [0.717, 1.165) is 22.8 Å². The molecule has 1 aromatic carbocycles. The van der Waals surface area contributed by atoms with Gasteiger partial charge in [-0.15, -0.1) is 0 Å². The molecule has 0 fully saturated rings. The lowest BCUT2D eigenvalue weighted by atomic mass is 10.2. The van der Waals surface area contributed by atoms with Crippen LogP contribution in [0, 0.1) is 11.3 Å². The van der Waals surface area contributed by atoms with Crippen LogP contribution in [0.3, 0.4) is 0 Å². The third-order valence-corrected chi connectivity index (χ3v) is 2.40. The fraction of sp³-hybridized carbons (Fsp3) is 0.286. The van der Waals surface area contributed by atoms with E-state index in [1.807, 2.05) is 38.1 Å². The van der Waals surface area contributed by atoms with Crippen molar-refractivity contribution in [1.82, 2.24) is 9.97 Å². The van der Waals surface area contributed by atoms with E-state index in [4.69, 9.17) is 10.00 Å². The van der Waals surface area contributed by atoms with E-state index in [1.54, 1.807) is 6.20 Å². The average Bonchev–Trinajstić information content (AvgIpc) is 2.78. The minimum Gasteiger partial charge on any atom is -0.491 e. The van der Waals surface area contributed by atoms with Crippen molar-refractivity contribution >= 4 is 0 Å². The van der Waals surface area contributed by atoms with E-state index in [0.29, 0.717) is 6.42 Å². The first-order valence-electron chi connectivity index (χ1n) is 5.87. The first-order chi connectivity index (χ1) is 8.69.